The first-order valence-electron chi connectivity index (χ1n) is 14.9. The van der Waals surface area contributed by atoms with E-state index in [1.54, 1.807) is 0 Å². The van der Waals surface area contributed by atoms with Crippen LogP contribution < -0.4 is 4.90 Å². The summed E-state index contributed by atoms with van der Waals surface area (Å²) in [5, 5.41) is 29.4. The fourth-order valence-corrected chi connectivity index (χ4v) is 5.95. The van der Waals surface area contributed by atoms with Gasteiger partial charge in [0.2, 0.25) is 0 Å². The van der Waals surface area contributed by atoms with E-state index in [0.717, 1.165) is 62.8 Å². The Morgan fingerprint density at radius 3 is 1.84 bits per heavy atom. The van der Waals surface area contributed by atoms with E-state index in [1.807, 2.05) is 12.1 Å². The zero-order valence-electron chi connectivity index (χ0n) is 23.5. The van der Waals surface area contributed by atoms with Crippen molar-refractivity contribution in [2.24, 2.45) is 0 Å². The summed E-state index contributed by atoms with van der Waals surface area (Å²) >= 11 is 0. The molecule has 0 N–H and O–H groups in total. The fourth-order valence-electron chi connectivity index (χ4n) is 5.95. The van der Waals surface area contributed by atoms with Gasteiger partial charge in [-0.2, -0.15) is 15.8 Å². The largest absolute Gasteiger partial charge is 0.479 e. The van der Waals surface area contributed by atoms with E-state index in [9.17, 15) is 15.8 Å². The molecule has 1 aromatic carbocycles. The molecule has 0 radical (unpaired) electrons. The lowest BCUT2D eigenvalue weighted by Gasteiger charge is -2.34. The number of nitriles is 3. The Hall–Kier alpha value is -3.23. The zero-order chi connectivity index (χ0) is 27.2. The molecule has 0 amide bonds. The minimum atomic E-state index is -0.652. The highest BCUT2D eigenvalue weighted by atomic mass is 16.5. The van der Waals surface area contributed by atoms with Gasteiger partial charge in [-0.15, -0.1) is 0 Å². The normalized spacial score (nSPS) is 16.7. The number of nitrogens with zero attached hydrogens (tertiary/aromatic N) is 4. The quantitative estimate of drug-likeness (QED) is 0.206. The maximum Gasteiger partial charge on any atom is 0.172 e. The number of hydrogen-bond acceptors (Lipinski definition) is 5. The van der Waals surface area contributed by atoms with Crippen molar-refractivity contribution in [3.63, 3.8) is 0 Å². The van der Waals surface area contributed by atoms with Crippen LogP contribution in [0.4, 0.5) is 5.69 Å². The highest BCUT2D eigenvalue weighted by molar-refractivity contribution is 5.85. The second-order valence-electron chi connectivity index (χ2n) is 10.8. The summed E-state index contributed by atoms with van der Waals surface area (Å²) in [5.41, 5.74) is 2.64. The third kappa shape index (κ3) is 7.20. The van der Waals surface area contributed by atoms with Gasteiger partial charge in [-0.05, 0) is 56.2 Å². The van der Waals surface area contributed by atoms with Crippen LogP contribution in [0.2, 0.25) is 0 Å². The van der Waals surface area contributed by atoms with E-state index in [2.05, 4.69) is 49.1 Å². The molecular formula is C33H44N4O. The van der Waals surface area contributed by atoms with Gasteiger partial charge < -0.3 is 9.64 Å². The lowest BCUT2D eigenvalue weighted by atomic mass is 9.78. The molecule has 5 heteroatoms. The standard InChI is InChI=1S/C33H44N4O/c1-3-5-7-14-22-37(23-15-8-6-4-2)29-18-16-27(17-19-29)31-30(26-36)32(28(24-34)25-35)38-33(31)20-12-10-9-11-13-21-33/h16-19H,3-15,20-23H2,1-2H3. The molecule has 38 heavy (non-hydrogen) atoms. The zero-order valence-corrected chi connectivity index (χ0v) is 23.5. The van der Waals surface area contributed by atoms with Crippen LogP contribution in [0.1, 0.15) is 116 Å². The van der Waals surface area contributed by atoms with Crippen LogP contribution in [-0.4, -0.2) is 18.7 Å². The molecule has 1 aromatic rings. The van der Waals surface area contributed by atoms with E-state index in [-0.39, 0.29) is 11.3 Å². The number of anilines is 1. The Balaban J connectivity index is 1.97. The van der Waals surface area contributed by atoms with Crippen LogP contribution >= 0.6 is 0 Å². The van der Waals surface area contributed by atoms with Crippen molar-refractivity contribution in [2.75, 3.05) is 18.0 Å². The Morgan fingerprint density at radius 2 is 1.34 bits per heavy atom. The predicted octanol–water partition coefficient (Wildman–Crippen LogP) is 8.75. The van der Waals surface area contributed by atoms with Crippen molar-refractivity contribution in [3.8, 4) is 18.2 Å². The van der Waals surface area contributed by atoms with Crippen LogP contribution in [0.25, 0.3) is 5.57 Å². The number of allylic oxidation sites excluding steroid dienone is 2. The first-order chi connectivity index (χ1) is 18.6. The summed E-state index contributed by atoms with van der Waals surface area (Å²) in [6.07, 6.45) is 17.0. The number of ether oxygens (including phenoxy) is 1. The fraction of sp³-hybridized carbons (Fsp3) is 0.606. The number of benzene rings is 1. The van der Waals surface area contributed by atoms with E-state index in [0.29, 0.717) is 5.57 Å². The Labute approximate surface area is 230 Å². The van der Waals surface area contributed by atoms with Crippen LogP contribution in [0.3, 0.4) is 0 Å². The van der Waals surface area contributed by atoms with E-state index < -0.39 is 5.60 Å². The number of hydrogen-bond donors (Lipinski definition) is 0. The molecule has 0 bridgehead atoms. The molecule has 1 aliphatic carbocycles. The van der Waals surface area contributed by atoms with Gasteiger partial charge in [-0.3, -0.25) is 0 Å². The lowest BCUT2D eigenvalue weighted by Crippen LogP contribution is -2.31. The first kappa shape index (κ1) is 29.3. The predicted molar refractivity (Wildman–Crippen MR) is 154 cm³/mol. The molecule has 5 nitrogen and oxygen atoms in total. The van der Waals surface area contributed by atoms with Gasteiger partial charge in [-0.1, -0.05) is 83.8 Å². The maximum absolute atomic E-state index is 10.2. The molecule has 1 fully saturated rings. The van der Waals surface area contributed by atoms with Crippen molar-refractivity contribution in [1.82, 2.24) is 0 Å². The van der Waals surface area contributed by atoms with E-state index in [4.69, 9.17) is 4.74 Å². The van der Waals surface area contributed by atoms with Crippen molar-refractivity contribution in [1.29, 1.82) is 15.8 Å². The number of unbranched alkanes of at least 4 members (excludes halogenated alkanes) is 6. The molecule has 0 atom stereocenters. The Kier molecular flexibility index (Phi) is 11.8. The van der Waals surface area contributed by atoms with Crippen molar-refractivity contribution < 1.29 is 4.74 Å². The van der Waals surface area contributed by atoms with Gasteiger partial charge in [0.25, 0.3) is 0 Å². The van der Waals surface area contributed by atoms with Crippen molar-refractivity contribution in [3.05, 3.63) is 46.7 Å². The molecule has 2 aliphatic rings. The maximum atomic E-state index is 10.2. The van der Waals surface area contributed by atoms with Gasteiger partial charge in [-0.25, -0.2) is 0 Å². The molecule has 0 unspecified atom stereocenters. The lowest BCUT2D eigenvalue weighted by molar-refractivity contribution is 0.0488. The second-order valence-corrected chi connectivity index (χ2v) is 10.8. The summed E-state index contributed by atoms with van der Waals surface area (Å²) in [5.74, 6) is 0.172. The molecule has 1 heterocycles. The molecule has 1 aliphatic heterocycles. The molecule has 1 saturated carbocycles. The van der Waals surface area contributed by atoms with Crippen molar-refractivity contribution >= 4 is 11.3 Å². The molecular weight excluding hydrogens is 468 g/mol. The third-order valence-electron chi connectivity index (χ3n) is 8.04. The van der Waals surface area contributed by atoms with Crippen LogP contribution in [-0.2, 0) is 4.74 Å². The topological polar surface area (TPSA) is 83.8 Å². The minimum Gasteiger partial charge on any atom is -0.479 e. The van der Waals surface area contributed by atoms with Gasteiger partial charge in [0.05, 0.1) is 0 Å². The summed E-state index contributed by atoms with van der Waals surface area (Å²) < 4.78 is 6.50. The first-order valence-corrected chi connectivity index (χ1v) is 14.9. The average Bonchev–Trinajstić information content (AvgIpc) is 3.25. The molecule has 0 aromatic heterocycles. The highest BCUT2D eigenvalue weighted by Crippen LogP contribution is 2.51. The monoisotopic (exact) mass is 512 g/mol. The third-order valence-corrected chi connectivity index (χ3v) is 8.04. The molecule has 0 saturated heterocycles. The second kappa shape index (κ2) is 15.2. The summed E-state index contributed by atoms with van der Waals surface area (Å²) in [7, 11) is 0. The minimum absolute atomic E-state index is 0.111. The van der Waals surface area contributed by atoms with Gasteiger partial charge in [0, 0.05) is 24.4 Å². The SMILES string of the molecule is CCCCCCN(CCCCCC)c1ccc(C2=C(C#N)C(=C(C#N)C#N)OC23CCCCCCC3)cc1. The van der Waals surface area contributed by atoms with Gasteiger partial charge in [0.15, 0.2) is 11.3 Å². The number of rotatable bonds is 12. The summed E-state index contributed by atoms with van der Waals surface area (Å²) in [6, 6.07) is 14.9. The van der Waals surface area contributed by atoms with Crippen molar-refractivity contribution in [2.45, 2.75) is 116 Å². The van der Waals surface area contributed by atoms with Crippen LogP contribution in [0.15, 0.2) is 41.2 Å². The highest BCUT2D eigenvalue weighted by Gasteiger charge is 2.47. The molecule has 202 valence electrons. The van der Waals surface area contributed by atoms with Crippen LogP contribution in [0.5, 0.6) is 0 Å². The van der Waals surface area contributed by atoms with Gasteiger partial charge >= 0.3 is 0 Å². The van der Waals surface area contributed by atoms with Crippen LogP contribution in [0, 0.1) is 34.0 Å². The van der Waals surface area contributed by atoms with Gasteiger partial charge in [0.1, 0.15) is 29.4 Å². The average molecular weight is 513 g/mol. The van der Waals surface area contributed by atoms with E-state index >= 15 is 0 Å². The summed E-state index contributed by atoms with van der Waals surface area (Å²) in [4.78, 5) is 2.51. The van der Waals surface area contributed by atoms with E-state index in [1.165, 1.54) is 63.5 Å². The smallest absolute Gasteiger partial charge is 0.172 e. The Bertz CT molecular complexity index is 1060. The molecule has 3 rings (SSSR count). The molecule has 1 spiro atoms. The summed E-state index contributed by atoms with van der Waals surface area (Å²) in [6.45, 7) is 6.62. The Morgan fingerprint density at radius 1 is 0.789 bits per heavy atom.